The molecule has 0 saturated heterocycles. The van der Waals surface area contributed by atoms with Crippen molar-refractivity contribution in [1.82, 2.24) is 0 Å². The molecule has 0 heterocycles. The molecular weight excluding hydrogens is 236 g/mol. The van der Waals surface area contributed by atoms with E-state index in [0.717, 1.165) is 17.5 Å². The van der Waals surface area contributed by atoms with Crippen LogP contribution in [0.2, 0.25) is 0 Å². The van der Waals surface area contributed by atoms with Gasteiger partial charge in [0, 0.05) is 12.1 Å². The molecule has 1 amide bonds. The Morgan fingerprint density at radius 2 is 1.84 bits per heavy atom. The molecule has 100 valence electrons. The second-order valence-electron chi connectivity index (χ2n) is 5.38. The van der Waals surface area contributed by atoms with E-state index < -0.39 is 0 Å². The summed E-state index contributed by atoms with van der Waals surface area (Å²) in [4.78, 5) is 12.0. The van der Waals surface area contributed by atoms with Crippen LogP contribution in [0.1, 0.15) is 20.3 Å². The van der Waals surface area contributed by atoms with Gasteiger partial charge < -0.3 is 11.1 Å². The zero-order valence-electron chi connectivity index (χ0n) is 11.5. The molecule has 1 atom stereocenters. The third-order valence-electron chi connectivity index (χ3n) is 3.14. The predicted molar refractivity (Wildman–Crippen MR) is 78.7 cm³/mol. The van der Waals surface area contributed by atoms with E-state index in [2.05, 4.69) is 31.0 Å². The highest BCUT2D eigenvalue weighted by Crippen LogP contribution is 2.19. The van der Waals surface area contributed by atoms with Crippen LogP contribution >= 0.6 is 0 Å². The Labute approximate surface area is 113 Å². The highest BCUT2D eigenvalue weighted by Gasteiger charge is 2.18. The number of carbonyl (C=O) groups excluding carboxylic acids is 1. The third-order valence-corrected chi connectivity index (χ3v) is 3.14. The molecule has 0 aliphatic rings. The highest BCUT2D eigenvalue weighted by atomic mass is 16.2. The lowest BCUT2D eigenvalue weighted by Crippen LogP contribution is -2.66. The lowest BCUT2D eigenvalue weighted by molar-refractivity contribution is -0.405. The average molecular weight is 257 g/mol. The van der Waals surface area contributed by atoms with E-state index >= 15 is 0 Å². The first-order valence-electron chi connectivity index (χ1n) is 6.69. The number of nitrogens with one attached hydrogen (secondary N) is 1. The largest absolute Gasteiger partial charge is 0.347 e. The summed E-state index contributed by atoms with van der Waals surface area (Å²) < 4.78 is 0. The number of benzene rings is 2. The highest BCUT2D eigenvalue weighted by molar-refractivity contribution is 5.96. The fourth-order valence-corrected chi connectivity index (χ4v) is 2.19. The number of fused-ring (bicyclic) bond motifs is 1. The van der Waals surface area contributed by atoms with Gasteiger partial charge in [-0.2, -0.15) is 0 Å². The minimum Gasteiger partial charge on any atom is -0.347 e. The molecule has 2 aromatic carbocycles. The van der Waals surface area contributed by atoms with Crippen molar-refractivity contribution in [3.8, 4) is 0 Å². The number of hydrogen-bond acceptors (Lipinski definition) is 1. The summed E-state index contributed by atoms with van der Waals surface area (Å²) in [5.41, 5.74) is 4.76. The summed E-state index contributed by atoms with van der Waals surface area (Å²) in [5, 5.41) is 5.24. The van der Waals surface area contributed by atoms with Gasteiger partial charge in [0.1, 0.15) is 0 Å². The molecule has 0 aliphatic carbocycles. The molecule has 2 rings (SSSR count). The van der Waals surface area contributed by atoms with Gasteiger partial charge in [-0.1, -0.05) is 44.2 Å². The van der Waals surface area contributed by atoms with Gasteiger partial charge in [-0.05, 0) is 28.8 Å². The van der Waals surface area contributed by atoms with Gasteiger partial charge in [0.05, 0.1) is 0 Å². The van der Waals surface area contributed by atoms with E-state index in [4.69, 9.17) is 0 Å². The van der Waals surface area contributed by atoms with Crippen LogP contribution in [0.15, 0.2) is 42.5 Å². The zero-order valence-corrected chi connectivity index (χ0v) is 11.5. The van der Waals surface area contributed by atoms with Gasteiger partial charge in [0.25, 0.3) is 5.91 Å². The number of hydrogen-bond donors (Lipinski definition) is 2. The van der Waals surface area contributed by atoms with Crippen molar-refractivity contribution in [1.29, 1.82) is 0 Å². The van der Waals surface area contributed by atoms with E-state index in [1.54, 1.807) is 0 Å². The van der Waals surface area contributed by atoms with Gasteiger partial charge >= 0.3 is 0 Å². The number of carbonyl (C=O) groups is 1. The Hall–Kier alpha value is -1.87. The van der Waals surface area contributed by atoms with Crippen molar-refractivity contribution < 1.29 is 10.5 Å². The maximum Gasteiger partial charge on any atom is 0.282 e. The third kappa shape index (κ3) is 3.55. The van der Waals surface area contributed by atoms with Crippen molar-refractivity contribution in [3.05, 3.63) is 42.5 Å². The number of rotatable bonds is 4. The SMILES string of the molecule is CC(C)C[C@@H]([NH3+])C(=O)Nc1ccc2ccccc2c1. The van der Waals surface area contributed by atoms with Crippen molar-refractivity contribution in [2.45, 2.75) is 26.3 Å². The van der Waals surface area contributed by atoms with Crippen LogP contribution in [0.5, 0.6) is 0 Å². The van der Waals surface area contributed by atoms with Gasteiger partial charge in [0.2, 0.25) is 0 Å². The van der Waals surface area contributed by atoms with E-state index in [-0.39, 0.29) is 11.9 Å². The van der Waals surface area contributed by atoms with Gasteiger partial charge in [-0.25, -0.2) is 0 Å². The first kappa shape index (κ1) is 13.6. The topological polar surface area (TPSA) is 56.7 Å². The summed E-state index contributed by atoms with van der Waals surface area (Å²) >= 11 is 0. The van der Waals surface area contributed by atoms with Crippen LogP contribution < -0.4 is 11.1 Å². The first-order chi connectivity index (χ1) is 9.06. The summed E-state index contributed by atoms with van der Waals surface area (Å²) in [6, 6.07) is 13.9. The van der Waals surface area contributed by atoms with Crippen LogP contribution in [-0.4, -0.2) is 11.9 Å². The number of anilines is 1. The molecule has 0 saturated carbocycles. The second kappa shape index (κ2) is 5.85. The van der Waals surface area contributed by atoms with Crippen molar-refractivity contribution in [3.63, 3.8) is 0 Å². The van der Waals surface area contributed by atoms with Crippen LogP contribution in [0, 0.1) is 5.92 Å². The molecule has 0 unspecified atom stereocenters. The Kier molecular flexibility index (Phi) is 4.17. The summed E-state index contributed by atoms with van der Waals surface area (Å²) in [6.07, 6.45) is 0.805. The Morgan fingerprint density at radius 1 is 1.16 bits per heavy atom. The zero-order chi connectivity index (χ0) is 13.8. The molecule has 0 aliphatic heterocycles. The van der Waals surface area contributed by atoms with Crippen LogP contribution in [0.4, 0.5) is 5.69 Å². The van der Waals surface area contributed by atoms with E-state index in [0.29, 0.717) is 5.92 Å². The molecule has 3 nitrogen and oxygen atoms in total. The van der Waals surface area contributed by atoms with Gasteiger partial charge in [0.15, 0.2) is 6.04 Å². The monoisotopic (exact) mass is 257 g/mol. The number of quaternary nitrogens is 1. The molecule has 0 aromatic heterocycles. The van der Waals surface area contributed by atoms with Crippen molar-refractivity contribution in [2.24, 2.45) is 5.92 Å². The standard InChI is InChI=1S/C16H20N2O/c1-11(2)9-15(17)16(19)18-14-8-7-12-5-3-4-6-13(12)10-14/h3-8,10-11,15H,9,17H2,1-2H3,(H,18,19)/p+1/t15-/m1/s1. The smallest absolute Gasteiger partial charge is 0.282 e. The molecule has 0 spiro atoms. The predicted octanol–water partition coefficient (Wildman–Crippen LogP) is 2.43. The fourth-order valence-electron chi connectivity index (χ4n) is 2.19. The quantitative estimate of drug-likeness (QED) is 0.868. The van der Waals surface area contributed by atoms with Crippen molar-refractivity contribution in [2.75, 3.05) is 5.32 Å². The van der Waals surface area contributed by atoms with E-state index in [1.165, 1.54) is 5.39 Å². The van der Waals surface area contributed by atoms with Crippen LogP contribution in [0.3, 0.4) is 0 Å². The van der Waals surface area contributed by atoms with Crippen LogP contribution in [-0.2, 0) is 4.79 Å². The van der Waals surface area contributed by atoms with E-state index in [9.17, 15) is 4.79 Å². The molecule has 2 aromatic rings. The fraction of sp³-hybridized carbons (Fsp3) is 0.312. The molecule has 0 radical (unpaired) electrons. The average Bonchev–Trinajstić information content (AvgIpc) is 2.37. The normalized spacial score (nSPS) is 12.6. The van der Waals surface area contributed by atoms with Gasteiger partial charge in [-0.3, -0.25) is 4.79 Å². The molecule has 0 bridgehead atoms. The lowest BCUT2D eigenvalue weighted by Gasteiger charge is -2.12. The Balaban J connectivity index is 2.10. The van der Waals surface area contributed by atoms with Gasteiger partial charge in [-0.15, -0.1) is 0 Å². The Bertz CT molecular complexity index is 578. The summed E-state index contributed by atoms with van der Waals surface area (Å²) in [5.74, 6) is 0.467. The van der Waals surface area contributed by atoms with Crippen LogP contribution in [0.25, 0.3) is 10.8 Å². The first-order valence-corrected chi connectivity index (χ1v) is 6.69. The second-order valence-corrected chi connectivity index (χ2v) is 5.38. The minimum absolute atomic E-state index is 0.0102. The maximum absolute atomic E-state index is 12.0. The lowest BCUT2D eigenvalue weighted by atomic mass is 10.0. The Morgan fingerprint density at radius 3 is 2.53 bits per heavy atom. The molecule has 0 fully saturated rings. The number of amides is 1. The van der Waals surface area contributed by atoms with E-state index in [1.807, 2.05) is 36.4 Å². The summed E-state index contributed by atoms with van der Waals surface area (Å²) in [6.45, 7) is 4.20. The molecule has 19 heavy (non-hydrogen) atoms. The molecule has 4 N–H and O–H groups in total. The summed E-state index contributed by atoms with van der Waals surface area (Å²) in [7, 11) is 0. The van der Waals surface area contributed by atoms with Crippen molar-refractivity contribution >= 4 is 22.4 Å². The minimum atomic E-state index is -0.202. The maximum atomic E-state index is 12.0. The molecular formula is C16H21N2O+. The molecule has 3 heteroatoms.